The molecule has 0 radical (unpaired) electrons. The molecule has 1 fully saturated rings. The van der Waals surface area contributed by atoms with Crippen LogP contribution in [0.3, 0.4) is 0 Å². The van der Waals surface area contributed by atoms with Crippen molar-refractivity contribution in [3.05, 3.63) is 82.0 Å². The normalized spacial score (nSPS) is 15.7. The Morgan fingerprint density at radius 1 is 0.891 bits per heavy atom. The number of nitrogens with zero attached hydrogens (tertiary/aromatic N) is 1. The van der Waals surface area contributed by atoms with Crippen molar-refractivity contribution in [3.63, 3.8) is 0 Å². The Morgan fingerprint density at radius 3 is 2.24 bits per heavy atom. The molecule has 55 heavy (non-hydrogen) atoms. The highest BCUT2D eigenvalue weighted by atomic mass is 32.2. The first kappa shape index (κ1) is 41.2. The van der Waals surface area contributed by atoms with Crippen LogP contribution in [0.1, 0.15) is 64.8 Å². The third-order valence-corrected chi connectivity index (χ3v) is 11.2. The first-order valence-corrected chi connectivity index (χ1v) is 18.5. The third kappa shape index (κ3) is 9.48. The maximum absolute atomic E-state index is 13.9. The Balaban J connectivity index is 1.48. The quantitative estimate of drug-likeness (QED) is 0.152. The largest absolute Gasteiger partial charge is 0.496 e. The number of sulfonamides is 1. The van der Waals surface area contributed by atoms with Gasteiger partial charge in [0, 0.05) is 34.9 Å². The van der Waals surface area contributed by atoms with Gasteiger partial charge in [0.2, 0.25) is 10.0 Å². The van der Waals surface area contributed by atoms with Crippen molar-refractivity contribution >= 4 is 60.7 Å². The highest BCUT2D eigenvalue weighted by molar-refractivity contribution is 7.89. The molecule has 5 rings (SSSR count). The van der Waals surface area contributed by atoms with E-state index in [-0.39, 0.29) is 45.1 Å². The first-order valence-electron chi connectivity index (χ1n) is 16.3. The third-order valence-electron chi connectivity index (χ3n) is 8.15. The van der Waals surface area contributed by atoms with Crippen molar-refractivity contribution in [1.29, 1.82) is 0 Å². The summed E-state index contributed by atoms with van der Waals surface area (Å²) in [7, 11) is -3.12. The zero-order chi connectivity index (χ0) is 40.7. The van der Waals surface area contributed by atoms with E-state index < -0.39 is 79.4 Å². The minimum Gasteiger partial charge on any atom is -0.496 e. The van der Waals surface area contributed by atoms with Crippen LogP contribution in [0.4, 0.5) is 46.9 Å². The Kier molecular flexibility index (Phi) is 11.5. The van der Waals surface area contributed by atoms with Gasteiger partial charge >= 0.3 is 18.4 Å². The minimum atomic E-state index is -5.12. The molecule has 0 spiro atoms. The molecule has 20 heteroatoms. The van der Waals surface area contributed by atoms with Gasteiger partial charge in [0.25, 0.3) is 11.8 Å². The lowest BCUT2D eigenvalue weighted by Crippen LogP contribution is -2.50. The SMILES string of the molecule is COc1ccc(S(=O)(=O)N2CCC[C@@H](NC(=O)OC(C)(C)C)C2)cc1C(=O)Nc1c(C(=O)Nc2ccc(F)c(C(F)(F)F)c2)sc2cc(C(F)(F)F)ccc12. The van der Waals surface area contributed by atoms with Gasteiger partial charge in [0.05, 0.1) is 34.4 Å². The zero-order valence-corrected chi connectivity index (χ0v) is 31.0. The fraction of sp³-hybridized carbons (Fsp3) is 0.343. The fourth-order valence-corrected chi connectivity index (χ4v) is 8.32. The Labute approximate surface area is 313 Å². The van der Waals surface area contributed by atoms with Crippen molar-refractivity contribution in [2.45, 2.75) is 62.5 Å². The van der Waals surface area contributed by atoms with Crippen LogP contribution >= 0.6 is 11.3 Å². The first-order chi connectivity index (χ1) is 25.5. The van der Waals surface area contributed by atoms with Crippen molar-refractivity contribution in [2.75, 3.05) is 30.8 Å². The lowest BCUT2D eigenvalue weighted by molar-refractivity contribution is -0.140. The number of carbonyl (C=O) groups excluding carboxylic acids is 3. The second-order valence-corrected chi connectivity index (χ2v) is 16.3. The van der Waals surface area contributed by atoms with E-state index in [0.29, 0.717) is 48.4 Å². The van der Waals surface area contributed by atoms with Gasteiger partial charge in [-0.1, -0.05) is 6.07 Å². The monoisotopic (exact) mass is 818 g/mol. The Bertz CT molecular complexity index is 2250. The number of ether oxygens (including phenoxy) is 2. The number of halogens is 7. The number of thiophene rings is 1. The summed E-state index contributed by atoms with van der Waals surface area (Å²) in [6.07, 6.45) is -9.81. The van der Waals surface area contributed by atoms with E-state index in [1.54, 1.807) is 20.8 Å². The molecule has 1 atom stereocenters. The van der Waals surface area contributed by atoms with Crippen LogP contribution in [0.2, 0.25) is 0 Å². The van der Waals surface area contributed by atoms with Crippen molar-refractivity contribution in [1.82, 2.24) is 9.62 Å². The van der Waals surface area contributed by atoms with Gasteiger partial charge < -0.3 is 25.4 Å². The van der Waals surface area contributed by atoms with Crippen LogP contribution in [0.25, 0.3) is 10.1 Å². The van der Waals surface area contributed by atoms with E-state index in [4.69, 9.17) is 9.47 Å². The van der Waals surface area contributed by atoms with Crippen LogP contribution in [-0.2, 0) is 27.1 Å². The molecule has 296 valence electrons. The summed E-state index contributed by atoms with van der Waals surface area (Å²) in [5, 5.41) is 7.19. The van der Waals surface area contributed by atoms with E-state index in [9.17, 15) is 53.5 Å². The number of hydrogen-bond donors (Lipinski definition) is 3. The molecule has 0 saturated carbocycles. The average molecular weight is 819 g/mol. The van der Waals surface area contributed by atoms with Gasteiger partial charge in [0.1, 0.15) is 22.0 Å². The molecule has 3 amide bonds. The van der Waals surface area contributed by atoms with Crippen molar-refractivity contribution in [3.8, 4) is 5.75 Å². The summed E-state index contributed by atoms with van der Waals surface area (Å²) in [6.45, 7) is 4.98. The summed E-state index contributed by atoms with van der Waals surface area (Å²) in [4.78, 5) is 39.0. The van der Waals surface area contributed by atoms with E-state index in [1.807, 2.05) is 0 Å². The molecule has 1 aliphatic heterocycles. The molecule has 4 aromatic rings. The number of alkyl carbamates (subject to hydrolysis) is 1. The maximum Gasteiger partial charge on any atom is 0.419 e. The number of benzene rings is 3. The summed E-state index contributed by atoms with van der Waals surface area (Å²) in [5.74, 6) is -3.97. The highest BCUT2D eigenvalue weighted by Gasteiger charge is 2.36. The summed E-state index contributed by atoms with van der Waals surface area (Å²) in [6, 6.07) is 6.82. The molecule has 1 saturated heterocycles. The number of anilines is 2. The predicted molar refractivity (Wildman–Crippen MR) is 188 cm³/mol. The number of piperidine rings is 1. The number of nitrogens with one attached hydrogen (secondary N) is 3. The molecular formula is C35H33F7N4O7S2. The number of methoxy groups -OCH3 is 1. The van der Waals surface area contributed by atoms with Crippen LogP contribution in [0, 0.1) is 5.82 Å². The number of fused-ring (bicyclic) bond motifs is 1. The predicted octanol–water partition coefficient (Wildman–Crippen LogP) is 8.27. The van der Waals surface area contributed by atoms with Gasteiger partial charge in [-0.15, -0.1) is 11.3 Å². The van der Waals surface area contributed by atoms with Crippen LogP contribution in [0.15, 0.2) is 59.5 Å². The molecule has 11 nitrogen and oxygen atoms in total. The van der Waals surface area contributed by atoms with Gasteiger partial charge in [0.15, 0.2) is 0 Å². The maximum atomic E-state index is 13.9. The lowest BCUT2D eigenvalue weighted by Gasteiger charge is -2.33. The molecule has 0 unspecified atom stereocenters. The van der Waals surface area contributed by atoms with Crippen molar-refractivity contribution < 1.29 is 63.0 Å². The van der Waals surface area contributed by atoms with E-state index in [2.05, 4.69) is 16.0 Å². The second-order valence-electron chi connectivity index (χ2n) is 13.3. The topological polar surface area (TPSA) is 143 Å². The number of carbonyl (C=O) groups is 3. The molecule has 3 N–H and O–H groups in total. The molecule has 0 bridgehead atoms. The summed E-state index contributed by atoms with van der Waals surface area (Å²) >= 11 is 0.479. The second kappa shape index (κ2) is 15.3. The minimum absolute atomic E-state index is 0.0637. The standard InChI is InChI=1S/C35H33F7N4O7S2/c1-33(2,3)53-32(49)44-20-6-5-13-46(17-20)55(50,51)21-9-12-26(52-4)23(16-21)30(47)45-28-22-10-7-18(34(37,38)39)14-27(22)54-29(28)31(48)43-19-8-11-25(36)24(15-19)35(40,41)42/h7-12,14-16,20H,5-6,13,17H2,1-4H3,(H,43,48)(H,44,49)(H,45,47)/t20-/m1/s1. The summed E-state index contributed by atoms with van der Waals surface area (Å²) in [5.41, 5.74) is -4.80. The molecule has 3 aromatic carbocycles. The average Bonchev–Trinajstić information content (AvgIpc) is 3.44. The van der Waals surface area contributed by atoms with Gasteiger partial charge in [-0.2, -0.15) is 30.6 Å². The van der Waals surface area contributed by atoms with Crippen LogP contribution < -0.4 is 20.7 Å². The number of rotatable bonds is 8. The van der Waals surface area contributed by atoms with Crippen molar-refractivity contribution in [2.24, 2.45) is 0 Å². The smallest absolute Gasteiger partial charge is 0.419 e. The number of hydrogen-bond acceptors (Lipinski definition) is 8. The van der Waals surface area contributed by atoms with E-state index >= 15 is 0 Å². The number of amides is 3. The Morgan fingerprint density at radius 2 is 1.60 bits per heavy atom. The molecule has 1 aliphatic rings. The van der Waals surface area contributed by atoms with Gasteiger partial charge in [-0.05, 0) is 82.1 Å². The van der Waals surface area contributed by atoms with Gasteiger partial charge in [-0.25, -0.2) is 17.6 Å². The zero-order valence-electron chi connectivity index (χ0n) is 29.4. The van der Waals surface area contributed by atoms with E-state index in [0.717, 1.165) is 22.5 Å². The molecule has 0 aliphatic carbocycles. The summed E-state index contributed by atoms with van der Waals surface area (Å²) < 4.78 is 134. The fourth-order valence-electron chi connectivity index (χ4n) is 5.67. The molecule has 1 aromatic heterocycles. The highest BCUT2D eigenvalue weighted by Crippen LogP contribution is 2.41. The van der Waals surface area contributed by atoms with Crippen LogP contribution in [0.5, 0.6) is 5.75 Å². The lowest BCUT2D eigenvalue weighted by atomic mass is 10.1. The van der Waals surface area contributed by atoms with Gasteiger partial charge in [-0.3, -0.25) is 9.59 Å². The Hall–Kier alpha value is -4.95. The van der Waals surface area contributed by atoms with E-state index in [1.165, 1.54) is 19.2 Å². The molecule has 2 heterocycles. The number of alkyl halides is 6. The van der Waals surface area contributed by atoms with Crippen LogP contribution in [-0.4, -0.2) is 62.5 Å². The molecular weight excluding hydrogens is 786 g/mol.